The maximum atomic E-state index is 12.4. The molecule has 0 atom stereocenters. The van der Waals surface area contributed by atoms with Gasteiger partial charge in [0.1, 0.15) is 0 Å². The molecule has 1 saturated heterocycles. The molecule has 1 heterocycles. The average Bonchev–Trinajstić information content (AvgIpc) is 2.77. The Labute approximate surface area is 172 Å². The SMILES string of the molecule is CCOC(=O)c1ccccc1N1CCN(C(=O)NCCCc2ccccc2)CC1. The fourth-order valence-electron chi connectivity index (χ4n) is 3.53. The van der Waals surface area contributed by atoms with Gasteiger partial charge in [0.2, 0.25) is 0 Å². The number of carbonyl (C=O) groups is 2. The maximum absolute atomic E-state index is 12.4. The minimum atomic E-state index is -0.304. The quantitative estimate of drug-likeness (QED) is 0.577. The summed E-state index contributed by atoms with van der Waals surface area (Å²) < 4.78 is 5.17. The van der Waals surface area contributed by atoms with Crippen molar-refractivity contribution in [2.24, 2.45) is 0 Å². The molecule has 6 heteroatoms. The van der Waals surface area contributed by atoms with Gasteiger partial charge in [-0.15, -0.1) is 0 Å². The number of aryl methyl sites for hydroxylation is 1. The van der Waals surface area contributed by atoms with E-state index in [1.54, 1.807) is 13.0 Å². The van der Waals surface area contributed by atoms with Crippen molar-refractivity contribution in [3.8, 4) is 0 Å². The molecular formula is C23H29N3O3. The van der Waals surface area contributed by atoms with Crippen LogP contribution in [0, 0.1) is 0 Å². The van der Waals surface area contributed by atoms with Crippen LogP contribution in [0.2, 0.25) is 0 Å². The lowest BCUT2D eigenvalue weighted by Crippen LogP contribution is -2.52. The number of urea groups is 1. The first kappa shape index (κ1) is 20.7. The highest BCUT2D eigenvalue weighted by Gasteiger charge is 2.24. The summed E-state index contributed by atoms with van der Waals surface area (Å²) in [5.41, 5.74) is 2.73. The molecule has 3 rings (SSSR count). The van der Waals surface area contributed by atoms with Crippen molar-refractivity contribution in [2.75, 3.05) is 44.2 Å². The van der Waals surface area contributed by atoms with Crippen LogP contribution < -0.4 is 10.2 Å². The van der Waals surface area contributed by atoms with E-state index < -0.39 is 0 Å². The highest BCUT2D eigenvalue weighted by atomic mass is 16.5. The molecule has 0 saturated carbocycles. The molecule has 154 valence electrons. The zero-order chi connectivity index (χ0) is 20.5. The second-order valence-electron chi connectivity index (χ2n) is 7.03. The number of nitrogens with one attached hydrogen (secondary N) is 1. The Morgan fingerprint density at radius 2 is 1.66 bits per heavy atom. The predicted octanol–water partition coefficient (Wildman–Crippen LogP) is 3.33. The van der Waals surface area contributed by atoms with E-state index in [4.69, 9.17) is 4.74 Å². The molecule has 0 unspecified atom stereocenters. The van der Waals surface area contributed by atoms with Crippen molar-refractivity contribution < 1.29 is 14.3 Å². The topological polar surface area (TPSA) is 61.9 Å². The van der Waals surface area contributed by atoms with E-state index in [2.05, 4.69) is 22.3 Å². The highest BCUT2D eigenvalue weighted by molar-refractivity contribution is 5.96. The Bertz CT molecular complexity index is 802. The van der Waals surface area contributed by atoms with Crippen LogP contribution in [-0.4, -0.2) is 56.2 Å². The number of piperazine rings is 1. The first-order chi connectivity index (χ1) is 14.2. The van der Waals surface area contributed by atoms with E-state index in [0.29, 0.717) is 44.9 Å². The highest BCUT2D eigenvalue weighted by Crippen LogP contribution is 2.22. The molecular weight excluding hydrogens is 366 g/mol. The minimum absolute atomic E-state index is 0.0172. The Balaban J connectivity index is 1.45. The number of carbonyl (C=O) groups excluding carboxylic acids is 2. The fraction of sp³-hybridized carbons (Fsp3) is 0.391. The number of rotatable bonds is 7. The summed E-state index contributed by atoms with van der Waals surface area (Å²) in [5, 5.41) is 3.02. The maximum Gasteiger partial charge on any atom is 0.340 e. The van der Waals surface area contributed by atoms with E-state index in [1.165, 1.54) is 5.56 Å². The first-order valence-corrected chi connectivity index (χ1v) is 10.3. The van der Waals surface area contributed by atoms with E-state index >= 15 is 0 Å². The monoisotopic (exact) mass is 395 g/mol. The predicted molar refractivity (Wildman–Crippen MR) is 114 cm³/mol. The number of esters is 1. The summed E-state index contributed by atoms with van der Waals surface area (Å²) in [6.45, 7) is 5.45. The number of anilines is 1. The second-order valence-corrected chi connectivity index (χ2v) is 7.03. The Kier molecular flexibility index (Phi) is 7.50. The van der Waals surface area contributed by atoms with Gasteiger partial charge >= 0.3 is 12.0 Å². The number of hydrogen-bond acceptors (Lipinski definition) is 4. The number of ether oxygens (including phenoxy) is 1. The van der Waals surface area contributed by atoms with Crippen molar-refractivity contribution in [1.29, 1.82) is 0 Å². The average molecular weight is 396 g/mol. The first-order valence-electron chi connectivity index (χ1n) is 10.3. The summed E-state index contributed by atoms with van der Waals surface area (Å²) >= 11 is 0. The molecule has 6 nitrogen and oxygen atoms in total. The number of hydrogen-bond donors (Lipinski definition) is 1. The third kappa shape index (κ3) is 5.73. The van der Waals surface area contributed by atoms with Crippen LogP contribution in [0.3, 0.4) is 0 Å². The van der Waals surface area contributed by atoms with Crippen LogP contribution >= 0.6 is 0 Å². The van der Waals surface area contributed by atoms with Gasteiger partial charge < -0.3 is 19.9 Å². The van der Waals surface area contributed by atoms with Crippen molar-refractivity contribution >= 4 is 17.7 Å². The molecule has 2 aromatic carbocycles. The summed E-state index contributed by atoms with van der Waals surface area (Å²) in [6, 6.07) is 17.8. The zero-order valence-electron chi connectivity index (χ0n) is 17.0. The van der Waals surface area contributed by atoms with Crippen LogP contribution in [0.5, 0.6) is 0 Å². The fourth-order valence-corrected chi connectivity index (χ4v) is 3.53. The van der Waals surface area contributed by atoms with Crippen molar-refractivity contribution in [3.05, 3.63) is 65.7 Å². The van der Waals surface area contributed by atoms with Gasteiger partial charge in [0.05, 0.1) is 17.9 Å². The second kappa shape index (κ2) is 10.5. The molecule has 2 amide bonds. The lowest BCUT2D eigenvalue weighted by atomic mass is 10.1. The molecule has 0 radical (unpaired) electrons. The smallest absolute Gasteiger partial charge is 0.340 e. The third-order valence-corrected chi connectivity index (χ3v) is 5.07. The summed E-state index contributed by atoms with van der Waals surface area (Å²) in [5.74, 6) is -0.304. The van der Waals surface area contributed by atoms with Gasteiger partial charge in [0.25, 0.3) is 0 Å². The lowest BCUT2D eigenvalue weighted by molar-refractivity contribution is 0.0527. The molecule has 0 bridgehead atoms. The van der Waals surface area contributed by atoms with Gasteiger partial charge in [-0.1, -0.05) is 42.5 Å². The van der Waals surface area contributed by atoms with Gasteiger partial charge in [-0.3, -0.25) is 0 Å². The molecule has 0 aromatic heterocycles. The lowest BCUT2D eigenvalue weighted by Gasteiger charge is -2.36. The van der Waals surface area contributed by atoms with Gasteiger partial charge in [-0.2, -0.15) is 0 Å². The molecule has 1 aliphatic heterocycles. The molecule has 0 aliphatic carbocycles. The number of benzene rings is 2. The molecule has 1 fully saturated rings. The zero-order valence-corrected chi connectivity index (χ0v) is 17.0. The molecule has 1 N–H and O–H groups in total. The van der Waals surface area contributed by atoms with Crippen LogP contribution in [-0.2, 0) is 11.2 Å². The van der Waals surface area contributed by atoms with Crippen molar-refractivity contribution in [3.63, 3.8) is 0 Å². The van der Waals surface area contributed by atoms with Gasteiger partial charge in [0.15, 0.2) is 0 Å². The molecule has 29 heavy (non-hydrogen) atoms. The number of para-hydroxylation sites is 1. The van der Waals surface area contributed by atoms with Crippen LogP contribution in [0.15, 0.2) is 54.6 Å². The number of nitrogens with zero attached hydrogens (tertiary/aromatic N) is 2. The van der Waals surface area contributed by atoms with Gasteiger partial charge in [-0.05, 0) is 37.5 Å². The standard InChI is InChI=1S/C23H29N3O3/c1-2-29-22(27)20-12-6-7-13-21(20)25-15-17-26(18-16-25)23(28)24-14-8-11-19-9-4-3-5-10-19/h3-7,9-10,12-13H,2,8,11,14-18H2,1H3,(H,24,28). The summed E-state index contributed by atoms with van der Waals surface area (Å²) in [6.07, 6.45) is 1.88. The van der Waals surface area contributed by atoms with Crippen LogP contribution in [0.25, 0.3) is 0 Å². The van der Waals surface area contributed by atoms with Crippen LogP contribution in [0.1, 0.15) is 29.3 Å². The van der Waals surface area contributed by atoms with Crippen molar-refractivity contribution in [2.45, 2.75) is 19.8 Å². The Morgan fingerprint density at radius 1 is 0.966 bits per heavy atom. The summed E-state index contributed by atoms with van der Waals surface area (Å²) in [7, 11) is 0. The van der Waals surface area contributed by atoms with E-state index in [1.807, 2.05) is 41.3 Å². The van der Waals surface area contributed by atoms with E-state index in [9.17, 15) is 9.59 Å². The Hall–Kier alpha value is -3.02. The third-order valence-electron chi connectivity index (χ3n) is 5.07. The van der Waals surface area contributed by atoms with Crippen LogP contribution in [0.4, 0.5) is 10.5 Å². The molecule has 0 spiro atoms. The summed E-state index contributed by atoms with van der Waals surface area (Å²) in [4.78, 5) is 28.6. The number of amides is 2. The van der Waals surface area contributed by atoms with E-state index in [-0.39, 0.29) is 12.0 Å². The molecule has 1 aliphatic rings. The largest absolute Gasteiger partial charge is 0.462 e. The van der Waals surface area contributed by atoms with Gasteiger partial charge in [-0.25, -0.2) is 9.59 Å². The Morgan fingerprint density at radius 3 is 2.38 bits per heavy atom. The van der Waals surface area contributed by atoms with Crippen molar-refractivity contribution in [1.82, 2.24) is 10.2 Å². The normalized spacial score (nSPS) is 13.8. The minimum Gasteiger partial charge on any atom is -0.462 e. The van der Waals surface area contributed by atoms with E-state index in [0.717, 1.165) is 18.5 Å². The molecule has 2 aromatic rings. The van der Waals surface area contributed by atoms with Gasteiger partial charge in [0, 0.05) is 32.7 Å².